The number of aromatic amines is 1. The summed E-state index contributed by atoms with van der Waals surface area (Å²) in [5.74, 6) is -0.498. The molecule has 0 saturated carbocycles. The summed E-state index contributed by atoms with van der Waals surface area (Å²) in [6.45, 7) is 8.76. The van der Waals surface area contributed by atoms with Gasteiger partial charge in [-0.3, -0.25) is 19.7 Å². The average molecular weight is 494 g/mol. The normalized spacial score (nSPS) is 15.2. The molecule has 36 heavy (non-hydrogen) atoms. The topological polar surface area (TPSA) is 90.6 Å². The molecule has 2 aromatic carbocycles. The van der Waals surface area contributed by atoms with Gasteiger partial charge in [0.25, 0.3) is 5.91 Å². The van der Waals surface area contributed by atoms with Gasteiger partial charge in [0, 0.05) is 23.7 Å². The van der Waals surface area contributed by atoms with Crippen LogP contribution >= 0.6 is 0 Å². The number of nitrogens with one attached hydrogen (secondary N) is 2. The van der Waals surface area contributed by atoms with Gasteiger partial charge in [-0.1, -0.05) is 30.3 Å². The standard InChI is InChI=1S/C27H32FN5O3/c1-17(2)32(5)16-22(18-9-7-6-8-10-18)36-26(35)33-15-21-23(27(33,3)4)30-31-24(21)29-25(34)19-11-13-20(28)14-12-19/h6-14,17,22H,15-16H2,1-5H3,(H2,29,30,31,34)/t22-/m1/s1. The largest absolute Gasteiger partial charge is 0.440 e. The molecule has 2 heterocycles. The summed E-state index contributed by atoms with van der Waals surface area (Å²) in [6, 6.07) is 15.3. The molecule has 1 atom stereocenters. The molecule has 190 valence electrons. The SMILES string of the molecule is CC(C)N(C)C[C@@H](OC(=O)N1Cc2c(NC(=O)c3ccc(F)cc3)n[nH]c2C1(C)C)c1ccccc1. The predicted molar refractivity (Wildman–Crippen MR) is 135 cm³/mol. The fraction of sp³-hybridized carbons (Fsp3) is 0.370. The van der Waals surface area contributed by atoms with E-state index in [0.29, 0.717) is 23.5 Å². The second-order valence-electron chi connectivity index (χ2n) is 9.85. The first kappa shape index (κ1) is 25.4. The maximum Gasteiger partial charge on any atom is 0.411 e. The van der Waals surface area contributed by atoms with E-state index in [1.165, 1.54) is 24.3 Å². The van der Waals surface area contributed by atoms with Crippen molar-refractivity contribution in [2.75, 3.05) is 18.9 Å². The number of carbonyl (C=O) groups is 2. The van der Waals surface area contributed by atoms with Crippen molar-refractivity contribution in [3.05, 3.63) is 82.8 Å². The van der Waals surface area contributed by atoms with Gasteiger partial charge in [-0.2, -0.15) is 5.10 Å². The Morgan fingerprint density at radius 1 is 1.17 bits per heavy atom. The number of hydrogen-bond acceptors (Lipinski definition) is 5. The first-order valence-electron chi connectivity index (χ1n) is 12.0. The number of nitrogens with zero attached hydrogens (tertiary/aromatic N) is 3. The lowest BCUT2D eigenvalue weighted by Crippen LogP contribution is -2.42. The number of aromatic nitrogens is 2. The molecule has 1 aromatic heterocycles. The third kappa shape index (κ3) is 5.11. The van der Waals surface area contributed by atoms with Gasteiger partial charge in [0.1, 0.15) is 11.9 Å². The van der Waals surface area contributed by atoms with Gasteiger partial charge < -0.3 is 10.1 Å². The van der Waals surface area contributed by atoms with Crippen LogP contribution in [0.3, 0.4) is 0 Å². The van der Waals surface area contributed by atoms with Crippen molar-refractivity contribution < 1.29 is 18.7 Å². The molecule has 1 aliphatic heterocycles. The zero-order valence-corrected chi connectivity index (χ0v) is 21.2. The molecule has 4 rings (SSSR count). The Hall–Kier alpha value is -3.72. The fourth-order valence-corrected chi connectivity index (χ4v) is 4.23. The summed E-state index contributed by atoms with van der Waals surface area (Å²) in [5, 5.41) is 10.0. The van der Waals surface area contributed by atoms with E-state index in [2.05, 4.69) is 34.3 Å². The Morgan fingerprint density at radius 2 is 1.83 bits per heavy atom. The molecule has 2 amide bonds. The fourth-order valence-electron chi connectivity index (χ4n) is 4.23. The van der Waals surface area contributed by atoms with Crippen LogP contribution in [0, 0.1) is 5.82 Å². The van der Waals surface area contributed by atoms with Crippen molar-refractivity contribution in [3.8, 4) is 0 Å². The Balaban J connectivity index is 1.52. The highest BCUT2D eigenvalue weighted by Crippen LogP contribution is 2.41. The lowest BCUT2D eigenvalue weighted by molar-refractivity contribution is 0.0203. The van der Waals surface area contributed by atoms with Crippen molar-refractivity contribution in [1.82, 2.24) is 20.0 Å². The Bertz CT molecular complexity index is 1220. The molecule has 8 nitrogen and oxygen atoms in total. The lowest BCUT2D eigenvalue weighted by Gasteiger charge is -2.34. The molecule has 1 aliphatic rings. The third-order valence-corrected chi connectivity index (χ3v) is 6.78. The van der Waals surface area contributed by atoms with Crippen LogP contribution in [0.2, 0.25) is 0 Å². The molecule has 0 radical (unpaired) electrons. The number of halogens is 1. The highest BCUT2D eigenvalue weighted by Gasteiger charge is 2.45. The smallest absolute Gasteiger partial charge is 0.411 e. The van der Waals surface area contributed by atoms with Crippen LogP contribution < -0.4 is 5.32 Å². The molecule has 0 bridgehead atoms. The van der Waals surface area contributed by atoms with E-state index in [0.717, 1.165) is 11.3 Å². The van der Waals surface area contributed by atoms with Crippen molar-refractivity contribution in [2.45, 2.75) is 51.9 Å². The van der Waals surface area contributed by atoms with E-state index >= 15 is 0 Å². The van der Waals surface area contributed by atoms with Crippen LogP contribution in [0.25, 0.3) is 0 Å². The van der Waals surface area contributed by atoms with E-state index < -0.39 is 29.5 Å². The van der Waals surface area contributed by atoms with E-state index in [-0.39, 0.29) is 12.6 Å². The summed E-state index contributed by atoms with van der Waals surface area (Å²) < 4.78 is 19.3. The zero-order chi connectivity index (χ0) is 26.0. The second-order valence-corrected chi connectivity index (χ2v) is 9.85. The van der Waals surface area contributed by atoms with Crippen molar-refractivity contribution in [1.29, 1.82) is 0 Å². The van der Waals surface area contributed by atoms with Gasteiger partial charge >= 0.3 is 6.09 Å². The highest BCUT2D eigenvalue weighted by atomic mass is 19.1. The highest BCUT2D eigenvalue weighted by molar-refractivity contribution is 6.04. The van der Waals surface area contributed by atoms with Crippen LogP contribution in [-0.4, -0.2) is 51.6 Å². The monoisotopic (exact) mass is 493 g/mol. The molecular formula is C27H32FN5O3. The first-order valence-corrected chi connectivity index (χ1v) is 12.0. The van der Waals surface area contributed by atoms with E-state index in [1.807, 2.05) is 51.2 Å². The van der Waals surface area contributed by atoms with Crippen LogP contribution in [-0.2, 0) is 16.8 Å². The summed E-state index contributed by atoms with van der Waals surface area (Å²) in [4.78, 5) is 29.9. The molecule has 3 aromatic rings. The molecule has 0 fully saturated rings. The van der Waals surface area contributed by atoms with Gasteiger partial charge in [0.2, 0.25) is 0 Å². The van der Waals surface area contributed by atoms with Crippen molar-refractivity contribution in [3.63, 3.8) is 0 Å². The van der Waals surface area contributed by atoms with Gasteiger partial charge in [-0.05, 0) is 64.6 Å². The first-order chi connectivity index (χ1) is 17.1. The van der Waals surface area contributed by atoms with Crippen molar-refractivity contribution in [2.24, 2.45) is 0 Å². The number of benzene rings is 2. The number of fused-ring (bicyclic) bond motifs is 1. The molecule has 0 aliphatic carbocycles. The Morgan fingerprint density at radius 3 is 2.47 bits per heavy atom. The third-order valence-electron chi connectivity index (χ3n) is 6.78. The second kappa shape index (κ2) is 10.1. The van der Waals surface area contributed by atoms with E-state index in [4.69, 9.17) is 4.74 Å². The number of anilines is 1. The van der Waals surface area contributed by atoms with E-state index in [9.17, 15) is 14.0 Å². The minimum Gasteiger partial charge on any atom is -0.440 e. The Labute approximate surface area is 210 Å². The number of carbonyl (C=O) groups excluding carboxylic acids is 2. The molecule has 0 unspecified atom stereocenters. The Kier molecular flexibility index (Phi) is 7.12. The summed E-state index contributed by atoms with van der Waals surface area (Å²) in [6.07, 6.45) is -0.900. The zero-order valence-electron chi connectivity index (χ0n) is 21.2. The predicted octanol–water partition coefficient (Wildman–Crippen LogP) is 5.07. The van der Waals surface area contributed by atoms with Crippen molar-refractivity contribution >= 4 is 17.8 Å². The van der Waals surface area contributed by atoms with Crippen LogP contribution in [0.5, 0.6) is 0 Å². The molecular weight excluding hydrogens is 461 g/mol. The number of hydrogen-bond donors (Lipinski definition) is 2. The van der Waals surface area contributed by atoms with Gasteiger partial charge in [-0.15, -0.1) is 0 Å². The van der Waals surface area contributed by atoms with E-state index in [1.54, 1.807) is 4.90 Å². The maximum atomic E-state index is 13.5. The number of ether oxygens (including phenoxy) is 1. The lowest BCUT2D eigenvalue weighted by atomic mass is 10.0. The number of H-pyrrole nitrogens is 1. The van der Waals surface area contributed by atoms with Gasteiger partial charge in [-0.25, -0.2) is 9.18 Å². The molecule has 0 spiro atoms. The molecule has 0 saturated heterocycles. The minimum absolute atomic E-state index is 0.220. The quantitative estimate of drug-likeness (QED) is 0.480. The summed E-state index contributed by atoms with van der Waals surface area (Å²) >= 11 is 0. The van der Waals surface area contributed by atoms with Crippen LogP contribution in [0.4, 0.5) is 15.0 Å². The number of rotatable bonds is 7. The summed E-state index contributed by atoms with van der Waals surface area (Å²) in [5.41, 5.74) is 1.93. The number of amides is 2. The molecule has 2 N–H and O–H groups in total. The van der Waals surface area contributed by atoms with Gasteiger partial charge in [0.15, 0.2) is 5.82 Å². The van der Waals surface area contributed by atoms with Crippen LogP contribution in [0.1, 0.15) is 61.0 Å². The average Bonchev–Trinajstić information content (AvgIpc) is 3.37. The molecule has 9 heteroatoms. The van der Waals surface area contributed by atoms with Crippen LogP contribution in [0.15, 0.2) is 54.6 Å². The summed E-state index contributed by atoms with van der Waals surface area (Å²) in [7, 11) is 2.00. The number of likely N-dealkylation sites (N-methyl/N-ethyl adjacent to an activating group) is 1. The van der Waals surface area contributed by atoms with Gasteiger partial charge in [0.05, 0.1) is 17.8 Å². The maximum absolute atomic E-state index is 13.5. The minimum atomic E-state index is -0.733.